The Hall–Kier alpha value is -1.41. The number of hydrogen-bond acceptors (Lipinski definition) is 6. The van der Waals surface area contributed by atoms with Gasteiger partial charge in [-0.05, 0) is 28.8 Å². The van der Waals surface area contributed by atoms with Crippen LogP contribution in [0.1, 0.15) is 12.8 Å². The number of rotatable bonds is 3. The maximum atomic E-state index is 12.3. The molecule has 0 bridgehead atoms. The summed E-state index contributed by atoms with van der Waals surface area (Å²) < 4.78 is 6.02. The van der Waals surface area contributed by atoms with E-state index in [9.17, 15) is 4.79 Å². The van der Waals surface area contributed by atoms with E-state index in [4.69, 9.17) is 10.5 Å². The van der Waals surface area contributed by atoms with Crippen LogP contribution in [0.25, 0.3) is 0 Å². The van der Waals surface area contributed by atoms with Crippen LogP contribution in [0, 0.1) is 0 Å². The van der Waals surface area contributed by atoms with Gasteiger partial charge in [0, 0.05) is 18.7 Å². The van der Waals surface area contributed by atoms with E-state index in [1.165, 1.54) is 0 Å². The molecule has 1 aromatic rings. The number of amides is 1. The quantitative estimate of drug-likeness (QED) is 0.768. The van der Waals surface area contributed by atoms with Gasteiger partial charge in [-0.2, -0.15) is 4.98 Å². The van der Waals surface area contributed by atoms with E-state index in [1.54, 1.807) is 6.07 Å². The fourth-order valence-corrected chi connectivity index (χ4v) is 2.53. The first-order chi connectivity index (χ1) is 9.63. The highest BCUT2D eigenvalue weighted by molar-refractivity contribution is 9.10. The molecule has 1 unspecified atom stereocenters. The summed E-state index contributed by atoms with van der Waals surface area (Å²) in [6.45, 7) is 1.45. The van der Waals surface area contributed by atoms with Gasteiger partial charge in [0.25, 0.3) is 0 Å². The van der Waals surface area contributed by atoms with E-state index in [2.05, 4.69) is 31.2 Å². The van der Waals surface area contributed by atoms with Crippen molar-refractivity contribution in [1.29, 1.82) is 0 Å². The van der Waals surface area contributed by atoms with Crippen LogP contribution in [-0.2, 0) is 9.53 Å². The molecule has 0 spiro atoms. The fraction of sp³-hybridized carbons (Fsp3) is 0.583. The van der Waals surface area contributed by atoms with Crippen molar-refractivity contribution in [3.8, 4) is 0 Å². The molecule has 1 aromatic heterocycles. The Morgan fingerprint density at radius 2 is 2.30 bits per heavy atom. The van der Waals surface area contributed by atoms with Gasteiger partial charge < -0.3 is 20.7 Å². The number of nitrogens with one attached hydrogen (secondary N) is 1. The number of halogens is 1. The molecule has 7 nitrogen and oxygen atoms in total. The summed E-state index contributed by atoms with van der Waals surface area (Å²) in [6, 6.07) is 1.54. The van der Waals surface area contributed by atoms with Gasteiger partial charge in [0.1, 0.15) is 16.5 Å². The molecule has 1 saturated carbocycles. The second-order valence-electron chi connectivity index (χ2n) is 4.98. The molecule has 3 N–H and O–H groups in total. The first kappa shape index (κ1) is 13.6. The number of nitrogen functional groups attached to an aromatic ring is 1. The highest BCUT2D eigenvalue weighted by Crippen LogP contribution is 2.22. The number of anilines is 2. The number of carbonyl (C=O) groups is 1. The molecule has 1 atom stereocenters. The normalized spacial score (nSPS) is 22.6. The maximum Gasteiger partial charge on any atom is 0.245 e. The molecular weight excluding hydrogens is 326 g/mol. The molecule has 20 heavy (non-hydrogen) atoms. The third kappa shape index (κ3) is 3.01. The zero-order valence-corrected chi connectivity index (χ0v) is 12.5. The van der Waals surface area contributed by atoms with Crippen molar-refractivity contribution in [2.45, 2.75) is 24.9 Å². The van der Waals surface area contributed by atoms with Crippen LogP contribution < -0.4 is 16.0 Å². The molecule has 2 aliphatic rings. The molecule has 0 radical (unpaired) electrons. The standard InChI is InChI=1S/C12H16BrN5O2/c13-9-5-10(14)17-12(16-9)18-3-4-20-6-8(18)11(19)15-7-1-2-7/h5,7-8H,1-4,6H2,(H,15,19)(H2,14,16,17). The lowest BCUT2D eigenvalue weighted by molar-refractivity contribution is -0.124. The topological polar surface area (TPSA) is 93.4 Å². The molecule has 1 aliphatic heterocycles. The average molecular weight is 342 g/mol. The third-order valence-corrected chi connectivity index (χ3v) is 3.72. The van der Waals surface area contributed by atoms with Crippen LogP contribution in [-0.4, -0.2) is 47.7 Å². The Morgan fingerprint density at radius 1 is 1.50 bits per heavy atom. The van der Waals surface area contributed by atoms with Gasteiger partial charge in [0.2, 0.25) is 11.9 Å². The average Bonchev–Trinajstić information content (AvgIpc) is 3.21. The number of aromatic nitrogens is 2. The highest BCUT2D eigenvalue weighted by Gasteiger charge is 2.34. The predicted octanol–water partition coefficient (Wildman–Crippen LogP) is 0.305. The lowest BCUT2D eigenvalue weighted by atomic mass is 10.2. The molecule has 2 heterocycles. The van der Waals surface area contributed by atoms with Crippen LogP contribution in [0.5, 0.6) is 0 Å². The molecule has 8 heteroatoms. The van der Waals surface area contributed by atoms with Crippen LogP contribution in [0.4, 0.5) is 11.8 Å². The van der Waals surface area contributed by atoms with Crippen molar-refractivity contribution < 1.29 is 9.53 Å². The molecule has 108 valence electrons. The molecule has 2 fully saturated rings. The molecular formula is C12H16BrN5O2. The van der Waals surface area contributed by atoms with E-state index < -0.39 is 6.04 Å². The van der Waals surface area contributed by atoms with E-state index in [1.807, 2.05) is 4.90 Å². The Kier molecular flexibility index (Phi) is 3.75. The lowest BCUT2D eigenvalue weighted by Crippen LogP contribution is -2.55. The first-order valence-corrected chi connectivity index (χ1v) is 7.37. The zero-order chi connectivity index (χ0) is 14.1. The van der Waals surface area contributed by atoms with Crippen molar-refractivity contribution in [2.75, 3.05) is 30.4 Å². The van der Waals surface area contributed by atoms with Gasteiger partial charge in [0.05, 0.1) is 13.2 Å². The number of nitrogens with zero attached hydrogens (tertiary/aromatic N) is 3. The number of morpholine rings is 1. The molecule has 1 amide bonds. The van der Waals surface area contributed by atoms with E-state index in [0.717, 1.165) is 12.8 Å². The minimum atomic E-state index is -0.405. The van der Waals surface area contributed by atoms with Crippen molar-refractivity contribution in [1.82, 2.24) is 15.3 Å². The number of carbonyl (C=O) groups excluding carboxylic acids is 1. The summed E-state index contributed by atoms with van der Waals surface area (Å²) in [5.41, 5.74) is 5.74. The number of nitrogens with two attached hydrogens (primary N) is 1. The van der Waals surface area contributed by atoms with Gasteiger partial charge >= 0.3 is 0 Å². The monoisotopic (exact) mass is 341 g/mol. The SMILES string of the molecule is Nc1cc(Br)nc(N2CCOCC2C(=O)NC2CC2)n1. The Morgan fingerprint density at radius 3 is 3.00 bits per heavy atom. The fourth-order valence-electron chi connectivity index (χ4n) is 2.14. The van der Waals surface area contributed by atoms with Gasteiger partial charge in [-0.25, -0.2) is 4.98 Å². The van der Waals surface area contributed by atoms with Crippen LogP contribution in [0.2, 0.25) is 0 Å². The van der Waals surface area contributed by atoms with E-state index in [0.29, 0.717) is 42.2 Å². The van der Waals surface area contributed by atoms with Crippen LogP contribution in [0.3, 0.4) is 0 Å². The van der Waals surface area contributed by atoms with Gasteiger partial charge in [-0.1, -0.05) is 0 Å². The predicted molar refractivity (Wildman–Crippen MR) is 77.3 cm³/mol. The number of ether oxygens (including phenoxy) is 1. The summed E-state index contributed by atoms with van der Waals surface area (Å²) in [5, 5.41) is 2.99. The van der Waals surface area contributed by atoms with Gasteiger partial charge in [0.15, 0.2) is 0 Å². The largest absolute Gasteiger partial charge is 0.383 e. The first-order valence-electron chi connectivity index (χ1n) is 6.58. The van der Waals surface area contributed by atoms with Crippen LogP contribution in [0.15, 0.2) is 10.7 Å². The van der Waals surface area contributed by atoms with E-state index in [-0.39, 0.29) is 5.91 Å². The Labute approximate surface area is 125 Å². The molecule has 0 aromatic carbocycles. The van der Waals surface area contributed by atoms with E-state index >= 15 is 0 Å². The molecule has 3 rings (SSSR count). The van der Waals surface area contributed by atoms with Crippen molar-refractivity contribution in [2.24, 2.45) is 0 Å². The third-order valence-electron chi connectivity index (χ3n) is 3.31. The Balaban J connectivity index is 1.81. The Bertz CT molecular complexity index is 502. The summed E-state index contributed by atoms with van der Waals surface area (Å²) in [5.74, 6) is 0.792. The summed E-state index contributed by atoms with van der Waals surface area (Å²) in [6.07, 6.45) is 2.11. The molecule has 1 aliphatic carbocycles. The summed E-state index contributed by atoms with van der Waals surface area (Å²) in [4.78, 5) is 22.6. The van der Waals surface area contributed by atoms with Crippen LogP contribution >= 0.6 is 15.9 Å². The lowest BCUT2D eigenvalue weighted by Gasteiger charge is -2.34. The van der Waals surface area contributed by atoms with Crippen molar-refractivity contribution in [3.63, 3.8) is 0 Å². The summed E-state index contributed by atoms with van der Waals surface area (Å²) >= 11 is 3.30. The smallest absolute Gasteiger partial charge is 0.245 e. The van der Waals surface area contributed by atoms with Gasteiger partial charge in [-0.3, -0.25) is 4.79 Å². The minimum Gasteiger partial charge on any atom is -0.383 e. The molecule has 1 saturated heterocycles. The maximum absolute atomic E-state index is 12.3. The van der Waals surface area contributed by atoms with Crippen molar-refractivity contribution in [3.05, 3.63) is 10.7 Å². The second kappa shape index (κ2) is 5.53. The zero-order valence-electron chi connectivity index (χ0n) is 10.9. The summed E-state index contributed by atoms with van der Waals surface area (Å²) in [7, 11) is 0. The van der Waals surface area contributed by atoms with Crippen molar-refractivity contribution >= 4 is 33.6 Å². The van der Waals surface area contributed by atoms with Gasteiger partial charge in [-0.15, -0.1) is 0 Å². The number of hydrogen-bond donors (Lipinski definition) is 2. The highest BCUT2D eigenvalue weighted by atomic mass is 79.9. The minimum absolute atomic E-state index is 0.0330. The second-order valence-corrected chi connectivity index (χ2v) is 5.79.